The molecule has 0 aliphatic rings. The third-order valence-electron chi connectivity index (χ3n) is 4.77. The Kier molecular flexibility index (Phi) is 5.25. The minimum absolute atomic E-state index is 0.109. The molecule has 0 aliphatic heterocycles. The van der Waals surface area contributed by atoms with E-state index in [9.17, 15) is 10.1 Å². The quantitative estimate of drug-likeness (QED) is 0.392. The summed E-state index contributed by atoms with van der Waals surface area (Å²) in [4.78, 5) is 10.3. The molecule has 2 aromatic rings. The van der Waals surface area contributed by atoms with Crippen molar-refractivity contribution in [2.24, 2.45) is 0 Å². The Morgan fingerprint density at radius 1 is 0.958 bits per heavy atom. The van der Waals surface area contributed by atoms with Gasteiger partial charge >= 0.3 is 0 Å². The predicted molar refractivity (Wildman–Crippen MR) is 101 cm³/mol. The van der Waals surface area contributed by atoms with Gasteiger partial charge in [0.25, 0.3) is 5.69 Å². The zero-order valence-corrected chi connectivity index (χ0v) is 16.0. The fourth-order valence-corrected chi connectivity index (χ4v) is 3.01. The molecule has 2 rings (SSSR count). The van der Waals surface area contributed by atoms with Crippen LogP contribution in [0.3, 0.4) is 0 Å². The van der Waals surface area contributed by atoms with E-state index in [1.807, 2.05) is 12.1 Å². The Labute approximate surface area is 144 Å². The van der Waals surface area contributed by atoms with E-state index in [2.05, 4.69) is 46.0 Å². The first-order chi connectivity index (χ1) is 11.1. The van der Waals surface area contributed by atoms with Crippen molar-refractivity contribution in [1.82, 2.24) is 0 Å². The van der Waals surface area contributed by atoms with E-state index in [1.54, 1.807) is 12.1 Å². The van der Waals surface area contributed by atoms with Crippen LogP contribution >= 0.6 is 0 Å². The van der Waals surface area contributed by atoms with Crippen LogP contribution in [0, 0.1) is 10.1 Å². The Morgan fingerprint density at radius 3 is 1.83 bits per heavy atom. The number of hydrogen-bond donors (Lipinski definition) is 0. The average molecular weight is 343 g/mol. The van der Waals surface area contributed by atoms with Crippen LogP contribution in [0.4, 0.5) is 5.69 Å². The molecule has 4 nitrogen and oxygen atoms in total. The minimum atomic E-state index is -1.75. The molecule has 5 heteroatoms. The molecular weight excluding hydrogens is 318 g/mol. The predicted octanol–water partition coefficient (Wildman–Crippen LogP) is 5.78. The van der Waals surface area contributed by atoms with Crippen molar-refractivity contribution in [3.8, 4) is 11.1 Å². The molecule has 24 heavy (non-hydrogen) atoms. The smallest absolute Gasteiger partial charge is 0.269 e. The van der Waals surface area contributed by atoms with E-state index in [4.69, 9.17) is 4.43 Å². The molecule has 128 valence electrons. The largest absolute Gasteiger partial charge is 0.413 e. The van der Waals surface area contributed by atoms with Gasteiger partial charge in [0.05, 0.1) is 11.5 Å². The third-order valence-corrected chi connectivity index (χ3v) is 9.25. The van der Waals surface area contributed by atoms with Crippen LogP contribution < -0.4 is 0 Å². The highest BCUT2D eigenvalue weighted by atomic mass is 28.4. The highest BCUT2D eigenvalue weighted by molar-refractivity contribution is 6.74. The van der Waals surface area contributed by atoms with Crippen LogP contribution in [-0.4, -0.2) is 13.2 Å². The lowest BCUT2D eigenvalue weighted by molar-refractivity contribution is -0.384. The van der Waals surface area contributed by atoms with E-state index in [1.165, 1.54) is 12.1 Å². The van der Waals surface area contributed by atoms with Gasteiger partial charge in [0.15, 0.2) is 8.32 Å². The van der Waals surface area contributed by atoms with Gasteiger partial charge in [0.1, 0.15) is 0 Å². The van der Waals surface area contributed by atoms with Crippen molar-refractivity contribution in [2.45, 2.75) is 45.5 Å². The number of non-ortho nitro benzene ring substituents is 1. The molecule has 0 fully saturated rings. The van der Waals surface area contributed by atoms with Gasteiger partial charge in [-0.3, -0.25) is 10.1 Å². The van der Waals surface area contributed by atoms with E-state index >= 15 is 0 Å². The van der Waals surface area contributed by atoms with E-state index in [-0.39, 0.29) is 15.6 Å². The molecule has 0 saturated carbocycles. The van der Waals surface area contributed by atoms with Crippen molar-refractivity contribution < 1.29 is 9.35 Å². The van der Waals surface area contributed by atoms with Gasteiger partial charge < -0.3 is 4.43 Å². The first-order valence-electron chi connectivity index (χ1n) is 8.08. The molecule has 0 atom stereocenters. The number of nitro groups is 1. The molecule has 0 N–H and O–H groups in total. The van der Waals surface area contributed by atoms with E-state index in [0.29, 0.717) is 6.61 Å². The molecule has 0 radical (unpaired) electrons. The van der Waals surface area contributed by atoms with Crippen LogP contribution in [0.2, 0.25) is 18.1 Å². The summed E-state index contributed by atoms with van der Waals surface area (Å²) in [5, 5.41) is 10.9. The van der Waals surface area contributed by atoms with Crippen molar-refractivity contribution >= 4 is 14.0 Å². The second kappa shape index (κ2) is 6.87. The maximum Gasteiger partial charge on any atom is 0.269 e. The van der Waals surface area contributed by atoms with Crippen molar-refractivity contribution in [1.29, 1.82) is 0 Å². The highest BCUT2D eigenvalue weighted by Crippen LogP contribution is 2.37. The maximum absolute atomic E-state index is 10.7. The fraction of sp³-hybridized carbons (Fsp3) is 0.368. The summed E-state index contributed by atoms with van der Waals surface area (Å²) in [7, 11) is -1.75. The van der Waals surface area contributed by atoms with Gasteiger partial charge in [0.2, 0.25) is 0 Å². The van der Waals surface area contributed by atoms with Crippen LogP contribution in [-0.2, 0) is 11.0 Å². The Morgan fingerprint density at radius 2 is 1.42 bits per heavy atom. The van der Waals surface area contributed by atoms with E-state index < -0.39 is 8.32 Å². The summed E-state index contributed by atoms with van der Waals surface area (Å²) in [6.45, 7) is 11.8. The molecule has 2 aromatic carbocycles. The van der Waals surface area contributed by atoms with Gasteiger partial charge in [-0.1, -0.05) is 45.0 Å². The maximum atomic E-state index is 10.7. The first kappa shape index (κ1) is 18.4. The molecule has 0 unspecified atom stereocenters. The SMILES string of the molecule is CC(C)(C)[Si](C)(C)OCc1ccc(-c2ccc([N+](=O)[O-])cc2)cc1. The number of nitro benzene ring substituents is 1. The van der Waals surface area contributed by atoms with Gasteiger partial charge in [-0.2, -0.15) is 0 Å². The zero-order valence-electron chi connectivity index (χ0n) is 15.0. The van der Waals surface area contributed by atoms with Gasteiger partial charge in [-0.05, 0) is 47.0 Å². The molecular formula is C19H25NO3Si. The van der Waals surface area contributed by atoms with Gasteiger partial charge in [-0.15, -0.1) is 0 Å². The fourth-order valence-electron chi connectivity index (χ4n) is 2.05. The minimum Gasteiger partial charge on any atom is -0.413 e. The summed E-state index contributed by atoms with van der Waals surface area (Å²) >= 11 is 0. The summed E-state index contributed by atoms with van der Waals surface area (Å²) in [6, 6.07) is 14.8. The number of nitrogens with zero attached hydrogens (tertiary/aromatic N) is 1. The molecule has 0 aliphatic carbocycles. The topological polar surface area (TPSA) is 52.4 Å². The van der Waals surface area contributed by atoms with Crippen molar-refractivity contribution in [3.63, 3.8) is 0 Å². The molecule has 0 saturated heterocycles. The Bertz CT molecular complexity index is 701. The number of benzene rings is 2. The summed E-state index contributed by atoms with van der Waals surface area (Å²) in [5.41, 5.74) is 3.27. The Balaban J connectivity index is 2.07. The average Bonchev–Trinajstić information content (AvgIpc) is 2.52. The second-order valence-electron chi connectivity index (χ2n) is 7.55. The lowest BCUT2D eigenvalue weighted by Crippen LogP contribution is -2.40. The van der Waals surface area contributed by atoms with Crippen LogP contribution in [0.25, 0.3) is 11.1 Å². The normalized spacial score (nSPS) is 12.2. The lowest BCUT2D eigenvalue weighted by atomic mass is 10.0. The van der Waals surface area contributed by atoms with Crippen LogP contribution in [0.1, 0.15) is 26.3 Å². The summed E-state index contributed by atoms with van der Waals surface area (Å²) < 4.78 is 6.23. The summed E-state index contributed by atoms with van der Waals surface area (Å²) in [6.07, 6.45) is 0. The third kappa shape index (κ3) is 4.30. The monoisotopic (exact) mass is 343 g/mol. The van der Waals surface area contributed by atoms with Crippen LogP contribution in [0.15, 0.2) is 48.5 Å². The molecule has 0 aromatic heterocycles. The zero-order chi connectivity index (χ0) is 18.0. The van der Waals surface area contributed by atoms with Gasteiger partial charge in [-0.25, -0.2) is 0 Å². The van der Waals surface area contributed by atoms with Gasteiger partial charge in [0, 0.05) is 12.1 Å². The highest BCUT2D eigenvalue weighted by Gasteiger charge is 2.36. The van der Waals surface area contributed by atoms with Crippen LogP contribution in [0.5, 0.6) is 0 Å². The first-order valence-corrected chi connectivity index (χ1v) is 11.0. The van der Waals surface area contributed by atoms with Crippen molar-refractivity contribution in [2.75, 3.05) is 0 Å². The molecule has 0 bridgehead atoms. The molecule has 0 amide bonds. The molecule has 0 spiro atoms. The Hall–Kier alpha value is -1.98. The van der Waals surface area contributed by atoms with Crippen molar-refractivity contribution in [3.05, 3.63) is 64.2 Å². The lowest BCUT2D eigenvalue weighted by Gasteiger charge is -2.36. The summed E-state index contributed by atoms with van der Waals surface area (Å²) in [5.74, 6) is 0. The van der Waals surface area contributed by atoms with E-state index in [0.717, 1.165) is 16.7 Å². The number of rotatable bonds is 5. The second-order valence-corrected chi connectivity index (χ2v) is 12.4. The standard InChI is InChI=1S/C19H25NO3Si/c1-19(2,3)24(4,5)23-14-15-6-8-16(9-7-15)17-10-12-18(13-11-17)20(21)22/h6-13H,14H2,1-5H3. The number of hydrogen-bond acceptors (Lipinski definition) is 3. The molecule has 0 heterocycles.